The van der Waals surface area contributed by atoms with Gasteiger partial charge in [-0.15, -0.1) is 0 Å². The highest BCUT2D eigenvalue weighted by molar-refractivity contribution is 7.92. The van der Waals surface area contributed by atoms with Gasteiger partial charge >= 0.3 is 0 Å². The fourth-order valence-corrected chi connectivity index (χ4v) is 5.29. The molecule has 1 unspecified atom stereocenters. The summed E-state index contributed by atoms with van der Waals surface area (Å²) in [5, 5.41) is 14.0. The average molecular weight is 475 g/mol. The third kappa shape index (κ3) is 6.52. The number of nitro groups is 1. The molecular weight excluding hydrogens is 444 g/mol. The van der Waals surface area contributed by atoms with E-state index in [0.717, 1.165) is 47.4 Å². The van der Waals surface area contributed by atoms with E-state index in [0.29, 0.717) is 0 Å². The Morgan fingerprint density at radius 3 is 2.42 bits per heavy atom. The molecular formula is C23H30N4O5S. The van der Waals surface area contributed by atoms with Gasteiger partial charge in [0.05, 0.1) is 16.9 Å². The zero-order valence-electron chi connectivity index (χ0n) is 18.9. The van der Waals surface area contributed by atoms with Crippen LogP contribution in [0.3, 0.4) is 0 Å². The van der Waals surface area contributed by atoms with Gasteiger partial charge < -0.3 is 5.32 Å². The Morgan fingerprint density at radius 1 is 1.12 bits per heavy atom. The van der Waals surface area contributed by atoms with Gasteiger partial charge in [-0.2, -0.15) is 0 Å². The number of nitrogens with one attached hydrogen (secondary N) is 1. The smallest absolute Gasteiger partial charge is 0.271 e. The van der Waals surface area contributed by atoms with E-state index in [-0.39, 0.29) is 17.9 Å². The van der Waals surface area contributed by atoms with Gasteiger partial charge in [-0.05, 0) is 50.0 Å². The van der Waals surface area contributed by atoms with Crippen LogP contribution in [0.5, 0.6) is 0 Å². The standard InChI is InChI=1S/C23H30N4O5S/c1-18(26(33(2,31)32)21-11-8-12-22(15-21)27(29)30)23(28)24-16-19-9-4-5-10-20(19)17-25-13-6-3-7-14-25/h4-5,8-12,15,18H,3,6-7,13-14,16-17H2,1-2H3,(H,24,28). The molecule has 1 amide bonds. The lowest BCUT2D eigenvalue weighted by Gasteiger charge is -2.29. The van der Waals surface area contributed by atoms with Crippen LogP contribution in [0.25, 0.3) is 0 Å². The second-order valence-corrected chi connectivity index (χ2v) is 10.2. The van der Waals surface area contributed by atoms with Crippen molar-refractivity contribution >= 4 is 27.3 Å². The largest absolute Gasteiger partial charge is 0.350 e. The summed E-state index contributed by atoms with van der Waals surface area (Å²) in [4.78, 5) is 25.9. The molecule has 1 aliphatic heterocycles. The van der Waals surface area contributed by atoms with Crippen molar-refractivity contribution in [3.8, 4) is 0 Å². The lowest BCUT2D eigenvalue weighted by atomic mass is 10.0. The maximum Gasteiger partial charge on any atom is 0.271 e. The highest BCUT2D eigenvalue weighted by Gasteiger charge is 2.30. The van der Waals surface area contributed by atoms with Gasteiger partial charge in [0.25, 0.3) is 5.69 Å². The van der Waals surface area contributed by atoms with Crippen molar-refractivity contribution in [2.45, 2.75) is 45.3 Å². The molecule has 10 heteroatoms. The number of sulfonamides is 1. The lowest BCUT2D eigenvalue weighted by Crippen LogP contribution is -2.47. The Morgan fingerprint density at radius 2 is 1.79 bits per heavy atom. The molecule has 2 aromatic carbocycles. The number of carbonyl (C=O) groups excluding carboxylic acids is 1. The lowest BCUT2D eigenvalue weighted by molar-refractivity contribution is -0.384. The molecule has 2 aromatic rings. The van der Waals surface area contributed by atoms with Gasteiger partial charge in [0.2, 0.25) is 15.9 Å². The van der Waals surface area contributed by atoms with Crippen molar-refractivity contribution in [2.24, 2.45) is 0 Å². The maximum atomic E-state index is 12.9. The number of benzene rings is 2. The van der Waals surface area contributed by atoms with E-state index < -0.39 is 26.9 Å². The molecule has 0 aliphatic carbocycles. The number of likely N-dealkylation sites (tertiary alicyclic amines) is 1. The summed E-state index contributed by atoms with van der Waals surface area (Å²) in [5.41, 5.74) is 1.93. The first-order valence-electron chi connectivity index (χ1n) is 11.0. The molecule has 1 N–H and O–H groups in total. The summed E-state index contributed by atoms with van der Waals surface area (Å²) < 4.78 is 25.9. The van der Waals surface area contributed by atoms with Gasteiger partial charge in [-0.3, -0.25) is 24.1 Å². The number of carbonyl (C=O) groups is 1. The van der Waals surface area contributed by atoms with Crippen molar-refractivity contribution in [3.05, 3.63) is 69.8 Å². The number of hydrogen-bond donors (Lipinski definition) is 1. The van der Waals surface area contributed by atoms with Crippen LogP contribution in [0, 0.1) is 10.1 Å². The Bertz CT molecular complexity index is 1100. The number of nitro benzene ring substituents is 1. The molecule has 0 bridgehead atoms. The Labute approximate surface area is 194 Å². The van der Waals surface area contributed by atoms with E-state index in [2.05, 4.69) is 10.2 Å². The SMILES string of the molecule is CC(C(=O)NCc1ccccc1CN1CCCCC1)N(c1cccc([N+](=O)[O-])c1)S(C)(=O)=O. The molecule has 1 atom stereocenters. The minimum atomic E-state index is -3.87. The van der Waals surface area contributed by atoms with Crippen molar-refractivity contribution in [3.63, 3.8) is 0 Å². The number of amides is 1. The van der Waals surface area contributed by atoms with E-state index in [1.807, 2.05) is 24.3 Å². The minimum Gasteiger partial charge on any atom is -0.350 e. The first-order chi connectivity index (χ1) is 15.7. The molecule has 3 rings (SSSR count). The van der Waals surface area contributed by atoms with E-state index >= 15 is 0 Å². The first-order valence-corrected chi connectivity index (χ1v) is 12.8. The molecule has 9 nitrogen and oxygen atoms in total. The molecule has 1 saturated heterocycles. The Balaban J connectivity index is 1.74. The molecule has 0 saturated carbocycles. The van der Waals surface area contributed by atoms with Gasteiger partial charge in [0.15, 0.2) is 0 Å². The van der Waals surface area contributed by atoms with Crippen LogP contribution >= 0.6 is 0 Å². The zero-order chi connectivity index (χ0) is 24.0. The monoisotopic (exact) mass is 474 g/mol. The average Bonchev–Trinajstić information content (AvgIpc) is 2.78. The first kappa shape index (κ1) is 24.7. The molecule has 1 heterocycles. The van der Waals surface area contributed by atoms with E-state index in [1.54, 1.807) is 0 Å². The Hall–Kier alpha value is -2.98. The van der Waals surface area contributed by atoms with E-state index in [9.17, 15) is 23.3 Å². The van der Waals surface area contributed by atoms with E-state index in [4.69, 9.17) is 0 Å². The summed E-state index contributed by atoms with van der Waals surface area (Å²) in [5.74, 6) is -0.486. The van der Waals surface area contributed by atoms with E-state index in [1.165, 1.54) is 44.4 Å². The van der Waals surface area contributed by atoms with Gasteiger partial charge in [-0.1, -0.05) is 36.8 Å². The van der Waals surface area contributed by atoms with Crippen LogP contribution < -0.4 is 9.62 Å². The molecule has 33 heavy (non-hydrogen) atoms. The number of anilines is 1. The highest BCUT2D eigenvalue weighted by Crippen LogP contribution is 2.25. The normalized spacial score (nSPS) is 15.6. The predicted octanol–water partition coefficient (Wildman–Crippen LogP) is 3.05. The van der Waals surface area contributed by atoms with Crippen molar-refractivity contribution in [1.29, 1.82) is 0 Å². The molecule has 1 aliphatic rings. The van der Waals surface area contributed by atoms with Crippen LogP contribution in [-0.4, -0.2) is 49.5 Å². The van der Waals surface area contributed by atoms with Gasteiger partial charge in [0, 0.05) is 25.2 Å². The summed E-state index contributed by atoms with van der Waals surface area (Å²) in [6.07, 6.45) is 4.61. The molecule has 0 spiro atoms. The third-order valence-corrected chi connectivity index (χ3v) is 7.04. The zero-order valence-corrected chi connectivity index (χ0v) is 19.8. The summed E-state index contributed by atoms with van der Waals surface area (Å²) in [6.45, 7) is 4.66. The predicted molar refractivity (Wildman–Crippen MR) is 127 cm³/mol. The fraction of sp³-hybridized carbons (Fsp3) is 0.435. The third-order valence-electron chi connectivity index (χ3n) is 5.80. The van der Waals surface area contributed by atoms with Crippen LogP contribution in [0.15, 0.2) is 48.5 Å². The number of non-ortho nitro benzene ring substituents is 1. The van der Waals surface area contributed by atoms with Gasteiger partial charge in [0.1, 0.15) is 6.04 Å². The highest BCUT2D eigenvalue weighted by atomic mass is 32.2. The second-order valence-electron chi connectivity index (χ2n) is 8.34. The van der Waals surface area contributed by atoms with Crippen LogP contribution in [0.2, 0.25) is 0 Å². The van der Waals surface area contributed by atoms with Crippen LogP contribution in [0.4, 0.5) is 11.4 Å². The Kier molecular flexibility index (Phi) is 8.04. The van der Waals surface area contributed by atoms with Crippen LogP contribution in [0.1, 0.15) is 37.3 Å². The number of piperidine rings is 1. The number of rotatable bonds is 9. The second kappa shape index (κ2) is 10.8. The maximum absolute atomic E-state index is 12.9. The molecule has 0 aromatic heterocycles. The number of nitrogens with zero attached hydrogens (tertiary/aromatic N) is 3. The molecule has 178 valence electrons. The molecule has 1 fully saturated rings. The molecule has 0 radical (unpaired) electrons. The van der Waals surface area contributed by atoms with Gasteiger partial charge in [-0.25, -0.2) is 8.42 Å². The van der Waals surface area contributed by atoms with Crippen molar-refractivity contribution < 1.29 is 18.1 Å². The number of hydrogen-bond acceptors (Lipinski definition) is 6. The topological polar surface area (TPSA) is 113 Å². The summed E-state index contributed by atoms with van der Waals surface area (Å²) >= 11 is 0. The quantitative estimate of drug-likeness (QED) is 0.441. The summed E-state index contributed by atoms with van der Waals surface area (Å²) in [7, 11) is -3.87. The van der Waals surface area contributed by atoms with Crippen molar-refractivity contribution in [2.75, 3.05) is 23.7 Å². The van der Waals surface area contributed by atoms with Crippen molar-refractivity contribution in [1.82, 2.24) is 10.2 Å². The minimum absolute atomic E-state index is 0.0693. The fourth-order valence-electron chi connectivity index (χ4n) is 4.13. The summed E-state index contributed by atoms with van der Waals surface area (Å²) in [6, 6.07) is 12.1. The van der Waals surface area contributed by atoms with Crippen LogP contribution in [-0.2, 0) is 27.9 Å².